The number of aromatic nitrogens is 1. The molecule has 0 aromatic carbocycles. The monoisotopic (exact) mass is 339 g/mol. The quantitative estimate of drug-likeness (QED) is 0.747. The van der Waals surface area contributed by atoms with Gasteiger partial charge in [0.2, 0.25) is 5.91 Å². The first-order chi connectivity index (χ1) is 10.8. The zero-order valence-corrected chi connectivity index (χ0v) is 14.9. The highest BCUT2D eigenvalue weighted by Crippen LogP contribution is 2.29. The Kier molecular flexibility index (Phi) is 5.77. The van der Waals surface area contributed by atoms with Crippen LogP contribution in [0.1, 0.15) is 31.9 Å². The lowest BCUT2D eigenvalue weighted by atomic mass is 9.95. The Balaban J connectivity index is 1.59. The normalized spacial score (nSPS) is 25.4. The maximum absolute atomic E-state index is 12.5. The number of nitrogens with zero attached hydrogens (tertiary/aromatic N) is 3. The van der Waals surface area contributed by atoms with Crippen molar-refractivity contribution in [1.82, 2.24) is 14.8 Å². The minimum Gasteiger partial charge on any atom is -0.337 e. The van der Waals surface area contributed by atoms with E-state index in [4.69, 9.17) is 0 Å². The third kappa shape index (κ3) is 4.03. The smallest absolute Gasteiger partial charge is 0.232 e. The summed E-state index contributed by atoms with van der Waals surface area (Å²) in [6.07, 6.45) is 3.58. The molecule has 4 nitrogen and oxygen atoms in total. The lowest BCUT2D eigenvalue weighted by Gasteiger charge is -2.36. The number of hydrogen-bond donors (Lipinski definition) is 0. The minimum absolute atomic E-state index is 0.351. The zero-order valence-electron chi connectivity index (χ0n) is 13.2. The first-order valence-corrected chi connectivity index (χ1v) is 10.3. The van der Waals surface area contributed by atoms with Crippen molar-refractivity contribution in [2.45, 2.75) is 38.8 Å². The predicted molar refractivity (Wildman–Crippen MR) is 93.2 cm³/mol. The molecule has 3 aliphatic heterocycles. The molecule has 4 heterocycles. The van der Waals surface area contributed by atoms with Gasteiger partial charge in [-0.3, -0.25) is 9.69 Å². The van der Waals surface area contributed by atoms with Crippen LogP contribution in [0.25, 0.3) is 0 Å². The van der Waals surface area contributed by atoms with Gasteiger partial charge >= 0.3 is 0 Å². The molecule has 2 bridgehead atoms. The minimum atomic E-state index is 0.351. The number of amides is 1. The molecule has 0 N–H and O–H groups in total. The Morgan fingerprint density at radius 2 is 2.32 bits per heavy atom. The fourth-order valence-corrected chi connectivity index (χ4v) is 4.87. The number of hydrogen-bond acceptors (Lipinski definition) is 5. The van der Waals surface area contributed by atoms with Crippen molar-refractivity contribution in [3.63, 3.8) is 0 Å². The van der Waals surface area contributed by atoms with Gasteiger partial charge in [-0.2, -0.15) is 11.8 Å². The number of carbonyl (C=O) groups excluding carboxylic acids is 1. The van der Waals surface area contributed by atoms with Gasteiger partial charge in [-0.1, -0.05) is 6.92 Å². The Hall–Kier alpha value is -0.590. The first-order valence-electron chi connectivity index (χ1n) is 8.23. The second-order valence-electron chi connectivity index (χ2n) is 6.37. The molecule has 1 aromatic rings. The highest BCUT2D eigenvalue weighted by Gasteiger charge is 2.36. The van der Waals surface area contributed by atoms with Gasteiger partial charge < -0.3 is 4.90 Å². The van der Waals surface area contributed by atoms with Crippen molar-refractivity contribution in [2.24, 2.45) is 5.92 Å². The van der Waals surface area contributed by atoms with E-state index in [1.165, 1.54) is 18.5 Å². The average molecular weight is 340 g/mol. The van der Waals surface area contributed by atoms with Crippen LogP contribution >= 0.6 is 23.1 Å². The zero-order chi connectivity index (χ0) is 15.4. The summed E-state index contributed by atoms with van der Waals surface area (Å²) in [5.74, 6) is 2.73. The van der Waals surface area contributed by atoms with Crippen LogP contribution in [0.5, 0.6) is 0 Å². The summed E-state index contributed by atoms with van der Waals surface area (Å²) in [7, 11) is 0. The molecule has 122 valence electrons. The molecule has 0 unspecified atom stereocenters. The van der Waals surface area contributed by atoms with Crippen molar-refractivity contribution in [2.75, 3.05) is 31.1 Å². The molecule has 0 radical (unpaired) electrons. The highest BCUT2D eigenvalue weighted by atomic mass is 32.2. The molecular weight excluding hydrogens is 314 g/mol. The maximum Gasteiger partial charge on any atom is 0.232 e. The number of thiazole rings is 1. The average Bonchev–Trinajstić information content (AvgIpc) is 2.86. The lowest BCUT2D eigenvalue weighted by molar-refractivity contribution is -0.132. The van der Waals surface area contributed by atoms with E-state index in [0.717, 1.165) is 38.4 Å². The largest absolute Gasteiger partial charge is 0.337 e. The predicted octanol–water partition coefficient (Wildman–Crippen LogP) is 2.71. The molecule has 1 amide bonds. The molecule has 22 heavy (non-hydrogen) atoms. The topological polar surface area (TPSA) is 36.4 Å². The van der Waals surface area contributed by atoms with Crippen molar-refractivity contribution in [3.8, 4) is 0 Å². The fourth-order valence-electron chi connectivity index (χ4n) is 3.55. The summed E-state index contributed by atoms with van der Waals surface area (Å²) in [5.41, 5.74) is 3.07. The third-order valence-corrected chi connectivity index (χ3v) is 6.34. The van der Waals surface area contributed by atoms with Crippen LogP contribution in [-0.2, 0) is 11.3 Å². The van der Waals surface area contributed by atoms with E-state index >= 15 is 0 Å². The second-order valence-corrected chi connectivity index (χ2v) is 8.19. The number of carbonyl (C=O) groups is 1. The van der Waals surface area contributed by atoms with Crippen LogP contribution in [0, 0.1) is 5.92 Å². The van der Waals surface area contributed by atoms with Gasteiger partial charge in [0, 0.05) is 37.6 Å². The third-order valence-electron chi connectivity index (χ3n) is 4.55. The Bertz CT molecular complexity index is 480. The van der Waals surface area contributed by atoms with E-state index < -0.39 is 0 Å². The van der Waals surface area contributed by atoms with Crippen LogP contribution in [0.4, 0.5) is 0 Å². The van der Waals surface area contributed by atoms with Gasteiger partial charge in [0.05, 0.1) is 17.0 Å². The first kappa shape index (κ1) is 16.3. The van der Waals surface area contributed by atoms with E-state index in [-0.39, 0.29) is 0 Å². The highest BCUT2D eigenvalue weighted by molar-refractivity contribution is 7.99. The second kappa shape index (κ2) is 7.79. The van der Waals surface area contributed by atoms with Crippen molar-refractivity contribution in [1.29, 1.82) is 0 Å². The molecule has 3 aliphatic rings. The lowest BCUT2D eigenvalue weighted by Crippen LogP contribution is -2.48. The summed E-state index contributed by atoms with van der Waals surface area (Å²) < 4.78 is 0. The summed E-state index contributed by atoms with van der Waals surface area (Å²) in [5, 5.41) is 2.14. The van der Waals surface area contributed by atoms with Crippen LogP contribution in [0.15, 0.2) is 10.9 Å². The number of rotatable bonds is 6. The summed E-state index contributed by atoms with van der Waals surface area (Å²) >= 11 is 3.44. The molecule has 6 heteroatoms. The molecule has 0 aliphatic carbocycles. The molecule has 4 rings (SSSR count). The van der Waals surface area contributed by atoms with Crippen molar-refractivity contribution >= 4 is 29.0 Å². The van der Waals surface area contributed by atoms with E-state index in [9.17, 15) is 4.79 Å². The molecule has 2 atom stereocenters. The van der Waals surface area contributed by atoms with Gasteiger partial charge in [0.15, 0.2) is 0 Å². The molecule has 0 saturated carbocycles. The van der Waals surface area contributed by atoms with Crippen molar-refractivity contribution in [3.05, 3.63) is 16.6 Å². The van der Waals surface area contributed by atoms with E-state index in [0.29, 0.717) is 23.6 Å². The van der Waals surface area contributed by atoms with Gasteiger partial charge in [0.1, 0.15) is 0 Å². The number of thioether (sulfide) groups is 1. The maximum atomic E-state index is 12.5. The Labute approximate surface area is 141 Å². The molecule has 3 saturated heterocycles. The van der Waals surface area contributed by atoms with Gasteiger partial charge in [-0.05, 0) is 30.9 Å². The Morgan fingerprint density at radius 1 is 1.41 bits per heavy atom. The van der Waals surface area contributed by atoms with Crippen LogP contribution in [0.3, 0.4) is 0 Å². The summed E-state index contributed by atoms with van der Waals surface area (Å²) in [6.45, 7) is 6.19. The van der Waals surface area contributed by atoms with E-state index in [2.05, 4.69) is 27.1 Å². The molecule has 1 aromatic heterocycles. The van der Waals surface area contributed by atoms with Crippen molar-refractivity contribution < 1.29 is 4.79 Å². The van der Waals surface area contributed by atoms with Gasteiger partial charge in [-0.15, -0.1) is 11.3 Å². The number of piperidine rings is 1. The standard InChI is InChI=1S/C16H25N3OS2/c1-2-5-21-11-16(20)19-7-13-3-4-15(19)9-18(6-13)8-14-10-22-12-17-14/h10,12-13,15H,2-9,11H2,1H3/t13-,15+/m0/s1. The summed E-state index contributed by atoms with van der Waals surface area (Å²) in [4.78, 5) is 21.6. The van der Waals surface area contributed by atoms with Crippen LogP contribution < -0.4 is 0 Å². The van der Waals surface area contributed by atoms with Gasteiger partial charge in [0.25, 0.3) is 0 Å². The molecule has 3 fully saturated rings. The molecule has 0 spiro atoms. The molecular formula is C16H25N3OS2. The SMILES string of the molecule is CCCSCC(=O)N1C[C@H]2CC[C@@H]1CN(Cc1cscn1)C2. The Morgan fingerprint density at radius 3 is 3.09 bits per heavy atom. The van der Waals surface area contributed by atoms with Crippen LogP contribution in [-0.4, -0.2) is 57.9 Å². The number of fused-ring (bicyclic) bond motifs is 4. The van der Waals surface area contributed by atoms with Gasteiger partial charge in [-0.25, -0.2) is 4.98 Å². The van der Waals surface area contributed by atoms with E-state index in [1.807, 2.05) is 5.51 Å². The fraction of sp³-hybridized carbons (Fsp3) is 0.750. The van der Waals surface area contributed by atoms with Crippen LogP contribution in [0.2, 0.25) is 0 Å². The van der Waals surface area contributed by atoms with E-state index in [1.54, 1.807) is 23.1 Å². The summed E-state index contributed by atoms with van der Waals surface area (Å²) in [6, 6.07) is 0.409.